The smallest absolute Gasteiger partial charge is 0.153 e. The highest BCUT2D eigenvalue weighted by molar-refractivity contribution is 6.33. The molecule has 0 aliphatic heterocycles. The summed E-state index contributed by atoms with van der Waals surface area (Å²) in [5, 5.41) is 5.18. The molecule has 0 radical (unpaired) electrons. The fraction of sp³-hybridized carbons (Fsp3) is 0.375. The third-order valence-electron chi connectivity index (χ3n) is 3.40. The molecule has 1 heterocycles. The van der Waals surface area contributed by atoms with Crippen molar-refractivity contribution < 1.29 is 4.79 Å². The molecule has 1 aromatic heterocycles. The van der Waals surface area contributed by atoms with Crippen LogP contribution in [0.4, 0.5) is 0 Å². The lowest BCUT2D eigenvalue weighted by atomic mass is 10.0. The van der Waals surface area contributed by atoms with E-state index < -0.39 is 0 Å². The summed E-state index contributed by atoms with van der Waals surface area (Å²) in [6.07, 6.45) is 2.60. The average molecular weight is 291 g/mol. The first-order chi connectivity index (χ1) is 9.24. The van der Waals surface area contributed by atoms with E-state index in [1.54, 1.807) is 10.9 Å². The normalized spacial score (nSPS) is 11.7. The van der Waals surface area contributed by atoms with E-state index in [1.807, 2.05) is 46.8 Å². The number of carbonyl (C=O) groups is 1. The van der Waals surface area contributed by atoms with E-state index in [0.29, 0.717) is 16.3 Å². The fourth-order valence-corrected chi connectivity index (χ4v) is 2.30. The SMILES string of the molecule is Cc1cc(Cl)c(-c2nn(C(C)(C)C)cc2C=O)cc1C. The lowest BCUT2D eigenvalue weighted by molar-refractivity contribution is 0.112. The molecule has 0 amide bonds. The summed E-state index contributed by atoms with van der Waals surface area (Å²) < 4.78 is 1.80. The topological polar surface area (TPSA) is 34.9 Å². The van der Waals surface area contributed by atoms with E-state index in [0.717, 1.165) is 23.0 Å². The number of nitrogens with zero attached hydrogens (tertiary/aromatic N) is 2. The number of aldehydes is 1. The van der Waals surface area contributed by atoms with E-state index in [9.17, 15) is 4.79 Å². The highest BCUT2D eigenvalue weighted by atomic mass is 35.5. The summed E-state index contributed by atoms with van der Waals surface area (Å²) in [6, 6.07) is 3.90. The van der Waals surface area contributed by atoms with Gasteiger partial charge in [-0.15, -0.1) is 0 Å². The molecule has 0 atom stereocenters. The molecule has 0 N–H and O–H groups in total. The molecule has 20 heavy (non-hydrogen) atoms. The molecule has 3 nitrogen and oxygen atoms in total. The van der Waals surface area contributed by atoms with Gasteiger partial charge in [0.15, 0.2) is 6.29 Å². The summed E-state index contributed by atoms with van der Waals surface area (Å²) >= 11 is 6.32. The zero-order chi connectivity index (χ0) is 15.1. The third kappa shape index (κ3) is 2.63. The van der Waals surface area contributed by atoms with Crippen molar-refractivity contribution in [3.63, 3.8) is 0 Å². The van der Waals surface area contributed by atoms with Gasteiger partial charge < -0.3 is 0 Å². The van der Waals surface area contributed by atoms with Crippen LogP contribution in [-0.4, -0.2) is 16.1 Å². The summed E-state index contributed by atoms with van der Waals surface area (Å²) in [6.45, 7) is 10.2. The molecule has 0 unspecified atom stereocenters. The molecular weight excluding hydrogens is 272 g/mol. The lowest BCUT2D eigenvalue weighted by Gasteiger charge is -2.18. The Hall–Kier alpha value is -1.61. The van der Waals surface area contributed by atoms with Crippen molar-refractivity contribution in [1.82, 2.24) is 9.78 Å². The minimum absolute atomic E-state index is 0.178. The molecule has 0 aliphatic carbocycles. The molecule has 0 saturated carbocycles. The van der Waals surface area contributed by atoms with Crippen molar-refractivity contribution in [3.05, 3.63) is 40.0 Å². The average Bonchev–Trinajstić information content (AvgIpc) is 2.77. The number of aromatic nitrogens is 2. The number of carbonyl (C=O) groups excluding carboxylic acids is 1. The van der Waals surface area contributed by atoms with E-state index in [1.165, 1.54) is 0 Å². The quantitative estimate of drug-likeness (QED) is 0.769. The lowest BCUT2D eigenvalue weighted by Crippen LogP contribution is -2.22. The number of halogens is 1. The zero-order valence-electron chi connectivity index (χ0n) is 12.5. The highest BCUT2D eigenvalue weighted by Gasteiger charge is 2.20. The van der Waals surface area contributed by atoms with Crippen molar-refractivity contribution in [1.29, 1.82) is 0 Å². The Morgan fingerprint density at radius 1 is 1.20 bits per heavy atom. The maximum absolute atomic E-state index is 11.3. The summed E-state index contributed by atoms with van der Waals surface area (Å²) in [7, 11) is 0. The van der Waals surface area contributed by atoms with E-state index in [-0.39, 0.29) is 5.54 Å². The Morgan fingerprint density at radius 2 is 1.80 bits per heavy atom. The standard InChI is InChI=1S/C16H19ClN2O/c1-10-6-13(14(17)7-11(10)2)15-12(9-20)8-19(18-15)16(3,4)5/h6-9H,1-5H3. The molecule has 4 heteroatoms. The van der Waals surface area contributed by atoms with Crippen LogP contribution in [-0.2, 0) is 5.54 Å². The molecule has 0 spiro atoms. The molecule has 106 valence electrons. The highest BCUT2D eigenvalue weighted by Crippen LogP contribution is 2.32. The van der Waals surface area contributed by atoms with Crippen molar-refractivity contribution in [3.8, 4) is 11.3 Å². The Morgan fingerprint density at radius 3 is 2.35 bits per heavy atom. The number of aryl methyl sites for hydroxylation is 2. The predicted octanol–water partition coefficient (Wildman–Crippen LogP) is 4.39. The second-order valence-electron chi connectivity index (χ2n) is 6.08. The van der Waals surface area contributed by atoms with Crippen LogP contribution in [0.5, 0.6) is 0 Å². The van der Waals surface area contributed by atoms with Crippen LogP contribution in [0, 0.1) is 13.8 Å². The number of benzene rings is 1. The van der Waals surface area contributed by atoms with Crippen molar-refractivity contribution >= 4 is 17.9 Å². The molecule has 2 rings (SSSR count). The molecule has 1 aromatic carbocycles. The van der Waals surface area contributed by atoms with Crippen LogP contribution in [0.1, 0.15) is 42.3 Å². The Balaban J connectivity index is 2.66. The van der Waals surface area contributed by atoms with Crippen LogP contribution < -0.4 is 0 Å². The molecule has 0 bridgehead atoms. The first-order valence-electron chi connectivity index (χ1n) is 6.56. The van der Waals surface area contributed by atoms with Gasteiger partial charge in [-0.25, -0.2) is 0 Å². The van der Waals surface area contributed by atoms with Gasteiger partial charge in [0.05, 0.1) is 16.1 Å². The van der Waals surface area contributed by atoms with E-state index in [2.05, 4.69) is 5.10 Å². The molecule has 0 aliphatic rings. The second-order valence-corrected chi connectivity index (χ2v) is 6.49. The van der Waals surface area contributed by atoms with Gasteiger partial charge >= 0.3 is 0 Å². The number of hydrogen-bond acceptors (Lipinski definition) is 2. The minimum Gasteiger partial charge on any atom is -0.298 e. The van der Waals surface area contributed by atoms with Gasteiger partial charge in [0, 0.05) is 11.8 Å². The zero-order valence-corrected chi connectivity index (χ0v) is 13.2. The second kappa shape index (κ2) is 5.06. The van der Waals surface area contributed by atoms with Gasteiger partial charge in [0.2, 0.25) is 0 Å². The Bertz CT molecular complexity index is 666. The molecular formula is C16H19ClN2O. The molecule has 2 aromatic rings. The maximum atomic E-state index is 11.3. The van der Waals surface area contributed by atoms with Gasteiger partial charge in [-0.3, -0.25) is 9.48 Å². The summed E-state index contributed by atoms with van der Waals surface area (Å²) in [5.74, 6) is 0. The first-order valence-corrected chi connectivity index (χ1v) is 6.94. The summed E-state index contributed by atoms with van der Waals surface area (Å²) in [5.41, 5.74) is 4.09. The number of hydrogen-bond donors (Lipinski definition) is 0. The largest absolute Gasteiger partial charge is 0.298 e. The van der Waals surface area contributed by atoms with Crippen LogP contribution in [0.3, 0.4) is 0 Å². The third-order valence-corrected chi connectivity index (χ3v) is 3.71. The van der Waals surface area contributed by atoms with Crippen LogP contribution in [0.25, 0.3) is 11.3 Å². The van der Waals surface area contributed by atoms with Crippen LogP contribution in [0.15, 0.2) is 18.3 Å². The Labute approximate surface area is 124 Å². The minimum atomic E-state index is -0.178. The fourth-order valence-electron chi connectivity index (χ4n) is 1.99. The number of rotatable bonds is 2. The van der Waals surface area contributed by atoms with Crippen molar-refractivity contribution in [2.75, 3.05) is 0 Å². The van der Waals surface area contributed by atoms with Crippen molar-refractivity contribution in [2.24, 2.45) is 0 Å². The molecule has 0 fully saturated rings. The van der Waals surface area contributed by atoms with Crippen LogP contribution >= 0.6 is 11.6 Å². The van der Waals surface area contributed by atoms with Gasteiger partial charge in [0.25, 0.3) is 0 Å². The maximum Gasteiger partial charge on any atom is 0.153 e. The molecule has 0 saturated heterocycles. The van der Waals surface area contributed by atoms with E-state index >= 15 is 0 Å². The van der Waals surface area contributed by atoms with Gasteiger partial charge in [-0.2, -0.15) is 5.10 Å². The van der Waals surface area contributed by atoms with Crippen LogP contribution in [0.2, 0.25) is 5.02 Å². The van der Waals surface area contributed by atoms with Crippen molar-refractivity contribution in [2.45, 2.75) is 40.2 Å². The van der Waals surface area contributed by atoms with Gasteiger partial charge in [0.1, 0.15) is 5.69 Å². The summed E-state index contributed by atoms with van der Waals surface area (Å²) in [4.78, 5) is 11.3. The monoisotopic (exact) mass is 290 g/mol. The first kappa shape index (κ1) is 14.8. The van der Waals surface area contributed by atoms with Gasteiger partial charge in [-0.1, -0.05) is 11.6 Å². The van der Waals surface area contributed by atoms with Gasteiger partial charge in [-0.05, 0) is 57.9 Å². The Kier molecular flexibility index (Phi) is 3.74. The predicted molar refractivity (Wildman–Crippen MR) is 82.5 cm³/mol. The van der Waals surface area contributed by atoms with E-state index in [4.69, 9.17) is 11.6 Å².